The first-order valence-electron chi connectivity index (χ1n) is 4.61. The molecule has 1 rings (SSSR count). The van der Waals surface area contributed by atoms with Gasteiger partial charge in [-0.1, -0.05) is 11.6 Å². The van der Waals surface area contributed by atoms with E-state index in [2.05, 4.69) is 0 Å². The van der Waals surface area contributed by atoms with Crippen LogP contribution in [0.4, 0.5) is 11.4 Å². The van der Waals surface area contributed by atoms with E-state index in [-0.39, 0.29) is 46.7 Å². The lowest BCUT2D eigenvalue weighted by molar-refractivity contribution is 0.101. The van der Waals surface area contributed by atoms with Crippen LogP contribution in [-0.4, -0.2) is 24.1 Å². The first kappa shape index (κ1) is 12.6. The third kappa shape index (κ3) is 2.37. The van der Waals surface area contributed by atoms with Crippen LogP contribution in [0.15, 0.2) is 6.07 Å². The highest BCUT2D eigenvalue weighted by molar-refractivity contribution is 6.36. The number of nitrogen functional groups attached to an aromatic ring is 2. The number of ketones is 1. The highest BCUT2D eigenvalue weighted by Crippen LogP contribution is 2.36. The number of halogens is 1. The van der Waals surface area contributed by atoms with Gasteiger partial charge in [-0.05, 0) is 6.92 Å². The van der Waals surface area contributed by atoms with Gasteiger partial charge in [0.15, 0.2) is 5.78 Å². The molecule has 0 heterocycles. The molecule has 0 aliphatic rings. The molecule has 0 saturated carbocycles. The Labute approximate surface area is 97.9 Å². The van der Waals surface area contributed by atoms with E-state index in [0.717, 1.165) is 0 Å². The Morgan fingerprint density at radius 3 is 2.69 bits per heavy atom. The molecule has 0 fully saturated rings. The van der Waals surface area contributed by atoms with Crippen molar-refractivity contribution in [1.82, 2.24) is 0 Å². The summed E-state index contributed by atoms with van der Waals surface area (Å²) in [6.07, 6.45) is 0. The topological polar surface area (TPSA) is 98.6 Å². The quantitative estimate of drug-likeness (QED) is 0.544. The molecule has 0 unspecified atom stereocenters. The summed E-state index contributed by atoms with van der Waals surface area (Å²) in [5, 5.41) is 8.79. The van der Waals surface area contributed by atoms with Gasteiger partial charge in [-0.25, -0.2) is 0 Å². The van der Waals surface area contributed by atoms with Crippen molar-refractivity contribution < 1.29 is 14.6 Å². The van der Waals surface area contributed by atoms with Crippen LogP contribution in [0.2, 0.25) is 5.02 Å². The van der Waals surface area contributed by atoms with Crippen molar-refractivity contribution in [3.8, 4) is 5.75 Å². The Balaban J connectivity index is 3.29. The fourth-order valence-corrected chi connectivity index (χ4v) is 1.46. The van der Waals surface area contributed by atoms with Crippen molar-refractivity contribution in [2.24, 2.45) is 0 Å². The van der Waals surface area contributed by atoms with Crippen molar-refractivity contribution in [3.63, 3.8) is 0 Å². The van der Waals surface area contributed by atoms with Crippen LogP contribution < -0.4 is 16.2 Å². The first-order chi connectivity index (χ1) is 7.49. The molecule has 0 amide bonds. The highest BCUT2D eigenvalue weighted by Gasteiger charge is 2.17. The van der Waals surface area contributed by atoms with Crippen molar-refractivity contribution >= 4 is 28.8 Å². The summed E-state index contributed by atoms with van der Waals surface area (Å²) >= 11 is 5.83. The molecule has 1 aromatic rings. The number of aliphatic hydroxyl groups excluding tert-OH is 1. The molecule has 5 N–H and O–H groups in total. The number of carbonyl (C=O) groups is 1. The van der Waals surface area contributed by atoms with E-state index in [0.29, 0.717) is 0 Å². The molecule has 6 heteroatoms. The van der Waals surface area contributed by atoms with E-state index in [4.69, 9.17) is 32.9 Å². The van der Waals surface area contributed by atoms with E-state index in [1.807, 2.05) is 0 Å². The summed E-state index contributed by atoms with van der Waals surface area (Å²) in [5.74, 6) is -0.0340. The van der Waals surface area contributed by atoms with Crippen LogP contribution in [0.1, 0.15) is 17.3 Å². The number of hydrogen-bond donors (Lipinski definition) is 3. The third-order valence-corrected chi connectivity index (χ3v) is 2.41. The summed E-state index contributed by atoms with van der Waals surface area (Å²) in [7, 11) is 0. The average Bonchev–Trinajstić information content (AvgIpc) is 2.22. The zero-order valence-electron chi connectivity index (χ0n) is 8.79. The van der Waals surface area contributed by atoms with E-state index >= 15 is 0 Å². The lowest BCUT2D eigenvalue weighted by Crippen LogP contribution is -2.09. The zero-order chi connectivity index (χ0) is 12.3. The Bertz CT molecular complexity index is 421. The SMILES string of the molecule is CC(=O)c1c(OCCO)cc(N)c(Cl)c1N. The molecule has 5 nitrogen and oxygen atoms in total. The van der Waals surface area contributed by atoms with Gasteiger partial charge in [-0.3, -0.25) is 4.79 Å². The zero-order valence-corrected chi connectivity index (χ0v) is 9.54. The standard InChI is InChI=1S/C10H13ClN2O3/c1-5(15)8-7(16-3-2-14)4-6(12)9(11)10(8)13/h4,14H,2-3,12-13H2,1H3. The van der Waals surface area contributed by atoms with Gasteiger partial charge in [0.25, 0.3) is 0 Å². The van der Waals surface area contributed by atoms with E-state index < -0.39 is 0 Å². The second-order valence-corrected chi connectivity index (χ2v) is 3.57. The molecule has 1 aromatic carbocycles. The van der Waals surface area contributed by atoms with Gasteiger partial charge in [0.05, 0.1) is 28.6 Å². The second kappa shape index (κ2) is 5.05. The summed E-state index contributed by atoms with van der Waals surface area (Å²) in [6, 6.07) is 1.42. The van der Waals surface area contributed by atoms with Crippen molar-refractivity contribution in [2.75, 3.05) is 24.7 Å². The number of ether oxygens (including phenoxy) is 1. The largest absolute Gasteiger partial charge is 0.490 e. The third-order valence-electron chi connectivity index (χ3n) is 1.99. The maximum Gasteiger partial charge on any atom is 0.165 e. The second-order valence-electron chi connectivity index (χ2n) is 3.19. The smallest absolute Gasteiger partial charge is 0.165 e. The molecule has 0 aliphatic heterocycles. The fraction of sp³-hybridized carbons (Fsp3) is 0.300. The van der Waals surface area contributed by atoms with Crippen molar-refractivity contribution in [2.45, 2.75) is 6.92 Å². The lowest BCUT2D eigenvalue weighted by atomic mass is 10.1. The Morgan fingerprint density at radius 2 is 2.19 bits per heavy atom. The van der Waals surface area contributed by atoms with Gasteiger partial charge < -0.3 is 21.3 Å². The number of nitrogens with two attached hydrogens (primary N) is 2. The minimum Gasteiger partial charge on any atom is -0.490 e. The molecule has 0 aliphatic carbocycles. The molecule has 0 aromatic heterocycles. The molecule has 0 atom stereocenters. The Kier molecular flexibility index (Phi) is 3.98. The normalized spacial score (nSPS) is 10.2. The number of benzene rings is 1. The van der Waals surface area contributed by atoms with Crippen LogP contribution in [0.3, 0.4) is 0 Å². The van der Waals surface area contributed by atoms with Gasteiger partial charge in [0.2, 0.25) is 0 Å². The van der Waals surface area contributed by atoms with Gasteiger partial charge in [0, 0.05) is 6.07 Å². The van der Waals surface area contributed by atoms with Gasteiger partial charge in [-0.2, -0.15) is 0 Å². The van der Waals surface area contributed by atoms with E-state index in [1.54, 1.807) is 0 Å². The van der Waals surface area contributed by atoms with E-state index in [1.165, 1.54) is 13.0 Å². The minimum atomic E-state index is -0.271. The molecule has 0 radical (unpaired) electrons. The Morgan fingerprint density at radius 1 is 1.56 bits per heavy atom. The van der Waals surface area contributed by atoms with Crippen LogP contribution >= 0.6 is 11.6 Å². The molecular weight excluding hydrogens is 232 g/mol. The van der Waals surface area contributed by atoms with E-state index in [9.17, 15) is 4.79 Å². The summed E-state index contributed by atoms with van der Waals surface area (Å²) in [6.45, 7) is 1.24. The first-order valence-corrected chi connectivity index (χ1v) is 4.98. The summed E-state index contributed by atoms with van der Waals surface area (Å²) < 4.78 is 5.17. The maximum absolute atomic E-state index is 11.4. The molecule has 0 bridgehead atoms. The number of aliphatic hydroxyl groups is 1. The predicted molar refractivity (Wildman–Crippen MR) is 62.9 cm³/mol. The minimum absolute atomic E-state index is 0.0563. The Hall–Kier alpha value is -1.46. The highest BCUT2D eigenvalue weighted by atomic mass is 35.5. The molecule has 88 valence electrons. The summed E-state index contributed by atoms with van der Waals surface area (Å²) in [5.41, 5.74) is 11.8. The monoisotopic (exact) mass is 244 g/mol. The van der Waals surface area contributed by atoms with Gasteiger partial charge >= 0.3 is 0 Å². The predicted octanol–water partition coefficient (Wildman–Crippen LogP) is 1.08. The number of Topliss-reactive ketones (excluding diaryl/α,β-unsaturated/α-hetero) is 1. The van der Waals surface area contributed by atoms with Crippen molar-refractivity contribution in [3.05, 3.63) is 16.7 Å². The lowest BCUT2D eigenvalue weighted by Gasteiger charge is -2.13. The van der Waals surface area contributed by atoms with Gasteiger partial charge in [0.1, 0.15) is 12.4 Å². The van der Waals surface area contributed by atoms with Crippen LogP contribution in [0.25, 0.3) is 0 Å². The maximum atomic E-state index is 11.4. The number of carbonyl (C=O) groups excluding carboxylic acids is 1. The fourth-order valence-electron chi connectivity index (χ4n) is 1.31. The van der Waals surface area contributed by atoms with Crippen LogP contribution in [0, 0.1) is 0 Å². The molecule has 0 spiro atoms. The number of hydrogen-bond acceptors (Lipinski definition) is 5. The number of anilines is 2. The molecule has 0 saturated heterocycles. The molecule has 16 heavy (non-hydrogen) atoms. The average molecular weight is 245 g/mol. The summed E-state index contributed by atoms with van der Waals surface area (Å²) in [4.78, 5) is 11.4. The van der Waals surface area contributed by atoms with Crippen molar-refractivity contribution in [1.29, 1.82) is 0 Å². The molecular formula is C10H13ClN2O3. The van der Waals surface area contributed by atoms with Crippen LogP contribution in [-0.2, 0) is 0 Å². The number of rotatable bonds is 4. The van der Waals surface area contributed by atoms with Crippen LogP contribution in [0.5, 0.6) is 5.75 Å². The van der Waals surface area contributed by atoms with Gasteiger partial charge in [-0.15, -0.1) is 0 Å².